The van der Waals surface area contributed by atoms with Gasteiger partial charge in [-0.1, -0.05) is 29.4 Å². The molecule has 0 fully saturated rings. The average molecular weight is 288 g/mol. The van der Waals surface area contributed by atoms with Gasteiger partial charge in [0.2, 0.25) is 0 Å². The molecule has 20 heavy (non-hydrogen) atoms. The van der Waals surface area contributed by atoms with Crippen molar-refractivity contribution >= 4 is 17.6 Å². The monoisotopic (exact) mass is 288 g/mol. The van der Waals surface area contributed by atoms with Gasteiger partial charge < -0.3 is 15.7 Å². The van der Waals surface area contributed by atoms with Crippen molar-refractivity contribution in [1.29, 1.82) is 0 Å². The second-order valence-electron chi connectivity index (χ2n) is 4.15. The highest BCUT2D eigenvalue weighted by atomic mass is 32.2. The molecule has 0 aliphatic heterocycles. The minimum atomic E-state index is 0.102. The van der Waals surface area contributed by atoms with E-state index in [2.05, 4.69) is 5.16 Å². The van der Waals surface area contributed by atoms with Crippen LogP contribution < -0.4 is 10.5 Å². The van der Waals surface area contributed by atoms with E-state index in [4.69, 9.17) is 15.7 Å². The molecule has 5 heteroatoms. The van der Waals surface area contributed by atoms with E-state index in [9.17, 15) is 0 Å². The molecular weight excluding hydrogens is 272 g/mol. The first-order valence-electron chi connectivity index (χ1n) is 6.06. The van der Waals surface area contributed by atoms with Gasteiger partial charge in [-0.25, -0.2) is 0 Å². The molecule has 3 N–H and O–H groups in total. The van der Waals surface area contributed by atoms with Gasteiger partial charge in [0.05, 0.1) is 0 Å². The van der Waals surface area contributed by atoms with Crippen LogP contribution in [0.25, 0.3) is 0 Å². The summed E-state index contributed by atoms with van der Waals surface area (Å²) in [6, 6.07) is 15.3. The number of benzene rings is 2. The number of hydrogen-bond acceptors (Lipinski definition) is 4. The number of nitrogens with zero attached hydrogens (tertiary/aromatic N) is 1. The molecule has 0 amide bonds. The minimum Gasteiger partial charge on any atom is -0.489 e. The molecule has 104 valence electrons. The van der Waals surface area contributed by atoms with Crippen LogP contribution in [0.3, 0.4) is 0 Å². The minimum absolute atomic E-state index is 0.102. The maximum Gasteiger partial charge on any atom is 0.170 e. The number of hydrogen-bond donors (Lipinski definition) is 2. The summed E-state index contributed by atoms with van der Waals surface area (Å²) in [6.45, 7) is 0.481. The van der Waals surface area contributed by atoms with Crippen LogP contribution >= 0.6 is 11.8 Å². The summed E-state index contributed by atoms with van der Waals surface area (Å²) in [5.41, 5.74) is 7.21. The van der Waals surface area contributed by atoms with E-state index in [1.165, 1.54) is 4.90 Å². The van der Waals surface area contributed by atoms with E-state index in [1.54, 1.807) is 23.9 Å². The van der Waals surface area contributed by atoms with Gasteiger partial charge in [0.1, 0.15) is 12.4 Å². The lowest BCUT2D eigenvalue weighted by atomic mass is 10.1. The van der Waals surface area contributed by atoms with Gasteiger partial charge in [-0.05, 0) is 36.1 Å². The Morgan fingerprint density at radius 1 is 1.15 bits per heavy atom. The summed E-state index contributed by atoms with van der Waals surface area (Å²) in [6.07, 6.45) is 2.04. The maximum atomic E-state index is 8.59. The molecular formula is C15H16N2O2S. The lowest BCUT2D eigenvalue weighted by Crippen LogP contribution is -2.12. The van der Waals surface area contributed by atoms with Crippen molar-refractivity contribution < 1.29 is 9.94 Å². The number of rotatable bonds is 5. The van der Waals surface area contributed by atoms with Crippen molar-refractivity contribution in [2.45, 2.75) is 11.5 Å². The Labute approximate surface area is 122 Å². The number of nitrogens with two attached hydrogens (primary N) is 1. The van der Waals surface area contributed by atoms with Crippen molar-refractivity contribution in [1.82, 2.24) is 0 Å². The highest BCUT2D eigenvalue weighted by molar-refractivity contribution is 7.98. The molecule has 0 saturated heterocycles. The standard InChI is InChI=1S/C15H16N2O2S/c1-20-14-8-6-13(7-9-14)19-10-11-2-4-12(5-3-11)15(16)17-18/h2-9,18H,10H2,1H3,(H2,16,17). The second-order valence-corrected chi connectivity index (χ2v) is 5.03. The zero-order valence-electron chi connectivity index (χ0n) is 11.1. The molecule has 0 aliphatic carbocycles. The third-order valence-corrected chi connectivity index (χ3v) is 3.57. The van der Waals surface area contributed by atoms with Gasteiger partial charge in [0.25, 0.3) is 0 Å². The first-order chi connectivity index (χ1) is 9.72. The molecule has 4 nitrogen and oxygen atoms in total. The quantitative estimate of drug-likeness (QED) is 0.292. The average Bonchev–Trinajstić information content (AvgIpc) is 2.53. The van der Waals surface area contributed by atoms with Crippen LogP contribution in [0.5, 0.6) is 5.75 Å². The number of thioether (sulfide) groups is 1. The van der Waals surface area contributed by atoms with Crippen LogP contribution in [0.2, 0.25) is 0 Å². The summed E-state index contributed by atoms with van der Waals surface area (Å²) in [5, 5.41) is 11.5. The Morgan fingerprint density at radius 2 is 1.80 bits per heavy atom. The summed E-state index contributed by atoms with van der Waals surface area (Å²) in [4.78, 5) is 1.21. The Hall–Kier alpha value is -2.14. The SMILES string of the molecule is CSc1ccc(OCc2ccc(C(N)=NO)cc2)cc1. The van der Waals surface area contributed by atoms with Gasteiger partial charge in [0, 0.05) is 10.5 Å². The normalized spacial score (nSPS) is 11.3. The molecule has 0 spiro atoms. The summed E-state index contributed by atoms with van der Waals surface area (Å²) in [5.74, 6) is 0.938. The molecule has 2 aromatic carbocycles. The lowest BCUT2D eigenvalue weighted by Gasteiger charge is -2.07. The molecule has 0 atom stereocenters. The first-order valence-corrected chi connectivity index (χ1v) is 7.29. The van der Waals surface area contributed by atoms with Gasteiger partial charge in [-0.15, -0.1) is 11.8 Å². The third kappa shape index (κ3) is 3.68. The molecule has 0 unspecified atom stereocenters. The van der Waals surface area contributed by atoms with Gasteiger partial charge in [-0.3, -0.25) is 0 Å². The molecule has 2 aromatic rings. The van der Waals surface area contributed by atoms with Crippen molar-refractivity contribution in [2.75, 3.05) is 6.26 Å². The lowest BCUT2D eigenvalue weighted by molar-refractivity contribution is 0.306. The Kier molecular flexibility index (Phi) is 4.90. The number of amidine groups is 1. The first kappa shape index (κ1) is 14.3. The van der Waals surface area contributed by atoms with Gasteiger partial charge in [-0.2, -0.15) is 0 Å². The Bertz CT molecular complexity index is 580. The summed E-state index contributed by atoms with van der Waals surface area (Å²) in [7, 11) is 0. The van der Waals surface area contributed by atoms with Crippen molar-refractivity contribution in [3.8, 4) is 5.75 Å². The molecule has 0 saturated carbocycles. The van der Waals surface area contributed by atoms with Crippen LogP contribution in [0.1, 0.15) is 11.1 Å². The van der Waals surface area contributed by atoms with Crippen molar-refractivity contribution in [2.24, 2.45) is 10.9 Å². The zero-order valence-corrected chi connectivity index (χ0v) is 11.9. The van der Waals surface area contributed by atoms with Crippen molar-refractivity contribution in [3.05, 3.63) is 59.7 Å². The number of oxime groups is 1. The highest BCUT2D eigenvalue weighted by Crippen LogP contribution is 2.19. The van der Waals surface area contributed by atoms with Crippen LogP contribution in [0.15, 0.2) is 58.6 Å². The van der Waals surface area contributed by atoms with Gasteiger partial charge in [0.15, 0.2) is 5.84 Å². The van der Waals surface area contributed by atoms with E-state index in [1.807, 2.05) is 42.7 Å². The largest absolute Gasteiger partial charge is 0.489 e. The van der Waals surface area contributed by atoms with Crippen LogP contribution in [-0.2, 0) is 6.61 Å². The van der Waals surface area contributed by atoms with Crippen LogP contribution in [0.4, 0.5) is 0 Å². The predicted octanol–water partition coefficient (Wildman–Crippen LogP) is 3.08. The second kappa shape index (κ2) is 6.86. The Balaban J connectivity index is 1.96. The predicted molar refractivity (Wildman–Crippen MR) is 81.5 cm³/mol. The van der Waals surface area contributed by atoms with E-state index in [0.29, 0.717) is 12.2 Å². The Morgan fingerprint density at radius 3 is 2.35 bits per heavy atom. The van der Waals surface area contributed by atoms with E-state index in [-0.39, 0.29) is 5.84 Å². The van der Waals surface area contributed by atoms with Crippen LogP contribution in [-0.4, -0.2) is 17.3 Å². The molecule has 0 aliphatic rings. The third-order valence-electron chi connectivity index (χ3n) is 2.82. The molecule has 2 rings (SSSR count). The topological polar surface area (TPSA) is 67.8 Å². The smallest absolute Gasteiger partial charge is 0.170 e. The fourth-order valence-corrected chi connectivity index (χ4v) is 2.08. The zero-order chi connectivity index (χ0) is 14.4. The molecule has 0 bridgehead atoms. The molecule has 0 aromatic heterocycles. The van der Waals surface area contributed by atoms with Gasteiger partial charge >= 0.3 is 0 Å². The molecule has 0 radical (unpaired) electrons. The highest BCUT2D eigenvalue weighted by Gasteiger charge is 2.00. The van der Waals surface area contributed by atoms with E-state index in [0.717, 1.165) is 11.3 Å². The summed E-state index contributed by atoms with van der Waals surface area (Å²) >= 11 is 1.70. The number of ether oxygens (including phenoxy) is 1. The van der Waals surface area contributed by atoms with E-state index < -0.39 is 0 Å². The van der Waals surface area contributed by atoms with Crippen LogP contribution in [0, 0.1) is 0 Å². The molecule has 0 heterocycles. The fraction of sp³-hybridized carbons (Fsp3) is 0.133. The summed E-state index contributed by atoms with van der Waals surface area (Å²) < 4.78 is 5.70. The van der Waals surface area contributed by atoms with Crippen molar-refractivity contribution in [3.63, 3.8) is 0 Å². The fourth-order valence-electron chi connectivity index (χ4n) is 1.67. The maximum absolute atomic E-state index is 8.59. The van der Waals surface area contributed by atoms with E-state index >= 15 is 0 Å².